The molecule has 0 fully saturated rings. The molecule has 0 heterocycles. The maximum absolute atomic E-state index is 10.6. The summed E-state index contributed by atoms with van der Waals surface area (Å²) < 4.78 is 29.9. The van der Waals surface area contributed by atoms with Gasteiger partial charge in [-0.05, 0) is 30.7 Å². The van der Waals surface area contributed by atoms with E-state index in [1.54, 1.807) is 6.92 Å². The van der Waals surface area contributed by atoms with Gasteiger partial charge in [0.1, 0.15) is 0 Å². The van der Waals surface area contributed by atoms with Crippen LogP contribution >= 0.6 is 11.6 Å². The molecular formula is C7H7ClNaO3S+. The molecule has 0 aliphatic carbocycles. The molecule has 0 atom stereocenters. The summed E-state index contributed by atoms with van der Waals surface area (Å²) in [5.74, 6) is 0. The number of hydrogen-bond donors (Lipinski definition) is 1. The van der Waals surface area contributed by atoms with Crippen LogP contribution in [0.1, 0.15) is 5.56 Å². The largest absolute Gasteiger partial charge is 1.00 e. The van der Waals surface area contributed by atoms with Crippen LogP contribution in [-0.2, 0) is 10.1 Å². The van der Waals surface area contributed by atoms with Crippen LogP contribution < -0.4 is 29.6 Å². The Kier molecular flexibility index (Phi) is 4.93. The van der Waals surface area contributed by atoms with Crippen molar-refractivity contribution in [3.63, 3.8) is 0 Å². The van der Waals surface area contributed by atoms with Crippen LogP contribution in [0.4, 0.5) is 0 Å². The Bertz CT molecular complexity index is 402. The molecule has 66 valence electrons. The molecule has 1 rings (SSSR count). The number of halogens is 1. The van der Waals surface area contributed by atoms with E-state index in [1.807, 2.05) is 0 Å². The van der Waals surface area contributed by atoms with Crippen molar-refractivity contribution in [2.45, 2.75) is 11.8 Å². The third-order valence-electron chi connectivity index (χ3n) is 1.43. The van der Waals surface area contributed by atoms with Gasteiger partial charge in [0.2, 0.25) is 0 Å². The summed E-state index contributed by atoms with van der Waals surface area (Å²) in [5, 5.41) is 0.474. The second-order valence-corrected chi connectivity index (χ2v) is 4.21. The molecule has 1 aromatic carbocycles. The monoisotopic (exact) mass is 229 g/mol. The van der Waals surface area contributed by atoms with Crippen LogP contribution in [0, 0.1) is 6.92 Å². The average molecular weight is 230 g/mol. The van der Waals surface area contributed by atoms with Crippen molar-refractivity contribution in [1.82, 2.24) is 0 Å². The second kappa shape index (κ2) is 4.77. The Hall–Kier alpha value is 0.420. The van der Waals surface area contributed by atoms with E-state index in [0.717, 1.165) is 0 Å². The maximum atomic E-state index is 10.6. The van der Waals surface area contributed by atoms with Gasteiger partial charge in [0, 0.05) is 5.02 Å². The zero-order valence-corrected chi connectivity index (χ0v) is 10.9. The number of aryl methyl sites for hydroxylation is 1. The van der Waals surface area contributed by atoms with Crippen molar-refractivity contribution in [2.75, 3.05) is 0 Å². The van der Waals surface area contributed by atoms with Crippen LogP contribution in [0.25, 0.3) is 0 Å². The Morgan fingerprint density at radius 3 is 2.31 bits per heavy atom. The van der Waals surface area contributed by atoms with Gasteiger partial charge in [-0.25, -0.2) is 0 Å². The van der Waals surface area contributed by atoms with Crippen LogP contribution in [0.15, 0.2) is 23.1 Å². The summed E-state index contributed by atoms with van der Waals surface area (Å²) in [5.41, 5.74) is 0.617. The standard InChI is InChI=1S/C7H7ClO3S.Na/c1-5-4-6(12(9,10)11)2-3-7(5)8;/h2-4H,1H3,(H,9,10,11);/q;+1. The minimum atomic E-state index is -4.10. The van der Waals surface area contributed by atoms with Crippen LogP contribution in [0.5, 0.6) is 0 Å². The molecule has 13 heavy (non-hydrogen) atoms. The van der Waals surface area contributed by atoms with Crippen molar-refractivity contribution in [1.29, 1.82) is 0 Å². The molecule has 6 heteroatoms. The first-order chi connectivity index (χ1) is 5.41. The van der Waals surface area contributed by atoms with E-state index in [4.69, 9.17) is 16.2 Å². The molecule has 0 saturated carbocycles. The number of hydrogen-bond acceptors (Lipinski definition) is 2. The van der Waals surface area contributed by atoms with E-state index in [1.165, 1.54) is 18.2 Å². The van der Waals surface area contributed by atoms with E-state index in [0.29, 0.717) is 10.6 Å². The summed E-state index contributed by atoms with van der Waals surface area (Å²) in [6.07, 6.45) is 0. The van der Waals surface area contributed by atoms with Gasteiger partial charge in [-0.3, -0.25) is 4.55 Å². The normalized spacial score (nSPS) is 10.7. The van der Waals surface area contributed by atoms with Crippen molar-refractivity contribution in [3.8, 4) is 0 Å². The molecule has 0 aromatic heterocycles. The summed E-state index contributed by atoms with van der Waals surface area (Å²) in [6.45, 7) is 1.66. The van der Waals surface area contributed by atoms with Gasteiger partial charge < -0.3 is 0 Å². The molecule has 0 aliphatic rings. The van der Waals surface area contributed by atoms with E-state index in [-0.39, 0.29) is 34.5 Å². The Morgan fingerprint density at radius 1 is 1.38 bits per heavy atom. The van der Waals surface area contributed by atoms with Crippen LogP contribution in [0.3, 0.4) is 0 Å². The van der Waals surface area contributed by atoms with E-state index >= 15 is 0 Å². The fraction of sp³-hybridized carbons (Fsp3) is 0.143. The minimum Gasteiger partial charge on any atom is -0.282 e. The molecule has 1 aromatic rings. The third kappa shape index (κ3) is 3.58. The maximum Gasteiger partial charge on any atom is 1.00 e. The van der Waals surface area contributed by atoms with Gasteiger partial charge in [-0.2, -0.15) is 8.42 Å². The smallest absolute Gasteiger partial charge is 0.282 e. The molecule has 0 radical (unpaired) electrons. The van der Waals surface area contributed by atoms with E-state index < -0.39 is 10.1 Å². The molecule has 0 saturated heterocycles. The Labute approximate surface area is 104 Å². The van der Waals surface area contributed by atoms with Gasteiger partial charge in [0.15, 0.2) is 0 Å². The van der Waals surface area contributed by atoms with Crippen molar-refractivity contribution in [2.24, 2.45) is 0 Å². The molecular weight excluding hydrogens is 223 g/mol. The fourth-order valence-electron chi connectivity index (χ4n) is 0.778. The zero-order chi connectivity index (χ0) is 9.35. The molecule has 0 aliphatic heterocycles. The quantitative estimate of drug-likeness (QED) is 0.491. The predicted octanol–water partition coefficient (Wildman–Crippen LogP) is -1.10. The number of rotatable bonds is 1. The SMILES string of the molecule is Cc1cc(S(=O)(=O)O)ccc1Cl.[Na+]. The predicted molar refractivity (Wildman–Crippen MR) is 46.0 cm³/mol. The molecule has 1 N–H and O–H groups in total. The molecule has 3 nitrogen and oxygen atoms in total. The van der Waals surface area contributed by atoms with Gasteiger partial charge in [0.05, 0.1) is 4.90 Å². The van der Waals surface area contributed by atoms with E-state index in [2.05, 4.69) is 0 Å². The molecule has 0 spiro atoms. The number of benzene rings is 1. The Morgan fingerprint density at radius 2 is 1.92 bits per heavy atom. The van der Waals surface area contributed by atoms with Crippen LogP contribution in [-0.4, -0.2) is 13.0 Å². The fourth-order valence-corrected chi connectivity index (χ4v) is 1.46. The molecule has 0 bridgehead atoms. The Balaban J connectivity index is 0.00000144. The minimum absolute atomic E-state index is 0. The van der Waals surface area contributed by atoms with Crippen molar-refractivity contribution < 1.29 is 42.5 Å². The topological polar surface area (TPSA) is 54.4 Å². The first kappa shape index (κ1) is 13.4. The van der Waals surface area contributed by atoms with Gasteiger partial charge in [-0.15, -0.1) is 0 Å². The van der Waals surface area contributed by atoms with Gasteiger partial charge in [0.25, 0.3) is 10.1 Å². The summed E-state index contributed by atoms with van der Waals surface area (Å²) in [7, 11) is -4.10. The zero-order valence-electron chi connectivity index (χ0n) is 7.28. The van der Waals surface area contributed by atoms with Crippen molar-refractivity contribution >= 4 is 21.7 Å². The summed E-state index contributed by atoms with van der Waals surface area (Å²) in [4.78, 5) is -0.135. The summed E-state index contributed by atoms with van der Waals surface area (Å²) in [6, 6.07) is 4.00. The van der Waals surface area contributed by atoms with Crippen molar-refractivity contribution in [3.05, 3.63) is 28.8 Å². The third-order valence-corrected chi connectivity index (χ3v) is 2.70. The molecule has 0 amide bonds. The second-order valence-electron chi connectivity index (χ2n) is 2.39. The first-order valence-corrected chi connectivity index (χ1v) is 4.97. The first-order valence-electron chi connectivity index (χ1n) is 3.15. The van der Waals surface area contributed by atoms with Gasteiger partial charge >= 0.3 is 29.6 Å². The van der Waals surface area contributed by atoms with E-state index in [9.17, 15) is 8.42 Å². The molecule has 0 unspecified atom stereocenters. The average Bonchev–Trinajstić information content (AvgIpc) is 1.92. The van der Waals surface area contributed by atoms with Crippen LogP contribution in [0.2, 0.25) is 5.02 Å². The van der Waals surface area contributed by atoms with Gasteiger partial charge in [-0.1, -0.05) is 11.6 Å². The summed E-state index contributed by atoms with van der Waals surface area (Å²) >= 11 is 5.65.